The molecule has 0 saturated carbocycles. The molecular weight excluding hydrogens is 601 g/mol. The number of nitrogen functional groups attached to an aromatic ring is 1. The summed E-state index contributed by atoms with van der Waals surface area (Å²) in [7, 11) is -3.46. The molecule has 1 aliphatic rings. The van der Waals surface area contributed by atoms with Gasteiger partial charge in [-0.1, -0.05) is 68.3 Å². The van der Waals surface area contributed by atoms with E-state index in [1.54, 1.807) is 12.1 Å². The number of unbranched alkanes of at least 4 members (excludes halogenated alkanes) is 1. The molecule has 8 heteroatoms. The van der Waals surface area contributed by atoms with E-state index >= 15 is 0 Å². The quantitative estimate of drug-likeness (QED) is 0.113. The summed E-state index contributed by atoms with van der Waals surface area (Å²) in [6.45, 7) is 9.37. The minimum Gasteiger partial charge on any atom is -0.491 e. The highest BCUT2D eigenvalue weighted by atomic mass is 127. The summed E-state index contributed by atoms with van der Waals surface area (Å²) in [5.41, 5.74) is 8.37. The van der Waals surface area contributed by atoms with E-state index in [1.807, 2.05) is 18.2 Å². The third kappa shape index (κ3) is 7.61. The minimum absolute atomic E-state index is 0.0764. The Labute approximate surface area is 236 Å². The molecule has 3 atom stereocenters. The standard InChI is InChI=1S/C29H42INO5S/c1-4-6-13-29(5-2)21-37(32,33)27-12-9-24(31)20-26(27)28(22(29)3)23-7-10-25(11-8-23)36-19-18-35-17-16-34-15-14-30/h7-12,20,22,28H,4-6,13-19,21,31H2,1-3H3/t22-,28-,29-/m1/s1. The second kappa shape index (κ2) is 14.1. The second-order valence-corrected chi connectivity index (χ2v) is 13.0. The Kier molecular flexibility index (Phi) is 11.5. The summed E-state index contributed by atoms with van der Waals surface area (Å²) < 4.78 is 45.2. The molecule has 3 rings (SSSR count). The Balaban J connectivity index is 1.84. The molecule has 0 saturated heterocycles. The van der Waals surface area contributed by atoms with Gasteiger partial charge >= 0.3 is 0 Å². The highest BCUT2D eigenvalue weighted by molar-refractivity contribution is 14.1. The molecule has 0 aliphatic carbocycles. The lowest BCUT2D eigenvalue weighted by Crippen LogP contribution is -2.37. The average Bonchev–Trinajstić information content (AvgIpc) is 2.95. The van der Waals surface area contributed by atoms with Crippen molar-refractivity contribution in [1.82, 2.24) is 0 Å². The lowest BCUT2D eigenvalue weighted by Gasteiger charge is -2.41. The lowest BCUT2D eigenvalue weighted by atomic mass is 9.64. The molecule has 1 aliphatic heterocycles. The first-order valence-corrected chi connectivity index (χ1v) is 16.5. The van der Waals surface area contributed by atoms with Crippen molar-refractivity contribution in [2.75, 3.05) is 48.9 Å². The van der Waals surface area contributed by atoms with E-state index in [4.69, 9.17) is 19.9 Å². The number of nitrogens with two attached hydrogens (primary N) is 1. The van der Waals surface area contributed by atoms with E-state index in [1.165, 1.54) is 0 Å². The molecule has 37 heavy (non-hydrogen) atoms. The molecule has 0 spiro atoms. The number of rotatable bonds is 14. The predicted molar refractivity (Wildman–Crippen MR) is 159 cm³/mol. The van der Waals surface area contributed by atoms with Gasteiger partial charge in [0.2, 0.25) is 0 Å². The van der Waals surface area contributed by atoms with Crippen LogP contribution in [0.1, 0.15) is 63.5 Å². The molecule has 0 aromatic heterocycles. The molecule has 206 valence electrons. The van der Waals surface area contributed by atoms with Gasteiger partial charge in [0, 0.05) is 16.0 Å². The van der Waals surface area contributed by atoms with Crippen LogP contribution in [0.25, 0.3) is 0 Å². The second-order valence-electron chi connectivity index (χ2n) is 9.97. The van der Waals surface area contributed by atoms with Gasteiger partial charge in [-0.2, -0.15) is 0 Å². The van der Waals surface area contributed by atoms with Gasteiger partial charge in [-0.3, -0.25) is 0 Å². The fourth-order valence-corrected chi connectivity index (χ4v) is 8.22. The summed E-state index contributed by atoms with van der Waals surface area (Å²) in [6, 6.07) is 13.4. The number of hydrogen-bond donors (Lipinski definition) is 1. The number of ether oxygens (including phenoxy) is 3. The van der Waals surface area contributed by atoms with Gasteiger partial charge in [-0.05, 0) is 65.6 Å². The van der Waals surface area contributed by atoms with Crippen molar-refractivity contribution in [3.05, 3.63) is 53.6 Å². The molecule has 0 unspecified atom stereocenters. The van der Waals surface area contributed by atoms with Crippen LogP contribution in [0.15, 0.2) is 47.4 Å². The summed E-state index contributed by atoms with van der Waals surface area (Å²) in [6.07, 6.45) is 3.76. The van der Waals surface area contributed by atoms with Gasteiger partial charge in [0.1, 0.15) is 12.4 Å². The van der Waals surface area contributed by atoms with Crippen LogP contribution in [0.4, 0.5) is 5.69 Å². The Morgan fingerprint density at radius 1 is 1.00 bits per heavy atom. The van der Waals surface area contributed by atoms with Crippen LogP contribution in [0.5, 0.6) is 5.75 Å². The number of fused-ring (bicyclic) bond motifs is 1. The van der Waals surface area contributed by atoms with Gasteiger partial charge in [0.15, 0.2) is 9.84 Å². The summed E-state index contributed by atoms with van der Waals surface area (Å²) in [5.74, 6) is 0.988. The monoisotopic (exact) mass is 643 g/mol. The highest BCUT2D eigenvalue weighted by Gasteiger charge is 2.47. The van der Waals surface area contributed by atoms with Crippen LogP contribution in [0.2, 0.25) is 0 Å². The van der Waals surface area contributed by atoms with E-state index < -0.39 is 9.84 Å². The summed E-state index contributed by atoms with van der Waals surface area (Å²) in [4.78, 5) is 0.422. The van der Waals surface area contributed by atoms with Crippen molar-refractivity contribution in [3.63, 3.8) is 0 Å². The number of anilines is 1. The first-order chi connectivity index (χ1) is 17.8. The van der Waals surface area contributed by atoms with Crippen LogP contribution >= 0.6 is 22.6 Å². The van der Waals surface area contributed by atoms with Crippen LogP contribution in [-0.2, 0) is 19.3 Å². The molecular formula is C29H42INO5S. The van der Waals surface area contributed by atoms with Crippen LogP contribution in [0.3, 0.4) is 0 Å². The molecule has 2 aromatic carbocycles. The van der Waals surface area contributed by atoms with Gasteiger partial charge in [-0.15, -0.1) is 0 Å². The Bertz CT molecular complexity index is 1090. The largest absolute Gasteiger partial charge is 0.491 e. The maximum absolute atomic E-state index is 13.7. The minimum atomic E-state index is -3.46. The van der Waals surface area contributed by atoms with E-state index in [0.29, 0.717) is 37.0 Å². The summed E-state index contributed by atoms with van der Waals surface area (Å²) in [5, 5.41) is 0. The normalized spacial score (nSPS) is 22.8. The molecule has 0 bridgehead atoms. The maximum atomic E-state index is 13.7. The average molecular weight is 644 g/mol. The van der Waals surface area contributed by atoms with E-state index in [9.17, 15) is 8.42 Å². The molecule has 6 nitrogen and oxygen atoms in total. The maximum Gasteiger partial charge on any atom is 0.179 e. The Hall–Kier alpha value is -1.36. The third-order valence-corrected chi connectivity index (χ3v) is 10.1. The van der Waals surface area contributed by atoms with Gasteiger partial charge in [0.25, 0.3) is 0 Å². The number of benzene rings is 2. The van der Waals surface area contributed by atoms with Crippen molar-refractivity contribution in [1.29, 1.82) is 0 Å². The number of sulfone groups is 1. The topological polar surface area (TPSA) is 87.9 Å². The molecule has 0 fully saturated rings. The number of hydrogen-bond acceptors (Lipinski definition) is 6. The Morgan fingerprint density at radius 2 is 1.68 bits per heavy atom. The summed E-state index contributed by atoms with van der Waals surface area (Å²) >= 11 is 2.28. The van der Waals surface area contributed by atoms with E-state index in [0.717, 1.165) is 53.6 Å². The molecule has 0 radical (unpaired) electrons. The molecule has 1 heterocycles. The fourth-order valence-electron chi connectivity index (χ4n) is 5.57. The van der Waals surface area contributed by atoms with Crippen molar-refractivity contribution < 1.29 is 22.6 Å². The zero-order valence-corrected chi connectivity index (χ0v) is 25.4. The first kappa shape index (κ1) is 30.2. The van der Waals surface area contributed by atoms with Crippen molar-refractivity contribution >= 4 is 38.1 Å². The zero-order chi connectivity index (χ0) is 26.9. The van der Waals surface area contributed by atoms with Crippen molar-refractivity contribution in [2.45, 2.75) is 57.3 Å². The van der Waals surface area contributed by atoms with Crippen LogP contribution in [-0.4, -0.2) is 51.6 Å². The SMILES string of the molecule is CCCC[C@]1(CC)CS(=O)(=O)c2ccc(N)cc2[C@@H](c2ccc(OCCOCCOCCI)cc2)[C@H]1C. The molecule has 2 aromatic rings. The third-order valence-electron chi connectivity index (χ3n) is 7.71. The predicted octanol–water partition coefficient (Wildman–Crippen LogP) is 6.26. The smallest absolute Gasteiger partial charge is 0.179 e. The fraction of sp³-hybridized carbons (Fsp3) is 0.586. The van der Waals surface area contributed by atoms with Gasteiger partial charge < -0.3 is 19.9 Å². The zero-order valence-electron chi connectivity index (χ0n) is 22.4. The molecule has 0 amide bonds. The van der Waals surface area contributed by atoms with Crippen molar-refractivity contribution in [3.8, 4) is 5.75 Å². The van der Waals surface area contributed by atoms with Crippen molar-refractivity contribution in [2.24, 2.45) is 11.3 Å². The van der Waals surface area contributed by atoms with Crippen LogP contribution in [0, 0.1) is 11.3 Å². The van der Waals surface area contributed by atoms with E-state index in [2.05, 4.69) is 55.5 Å². The van der Waals surface area contributed by atoms with E-state index in [-0.39, 0.29) is 23.0 Å². The van der Waals surface area contributed by atoms with Gasteiger partial charge in [0.05, 0.1) is 37.1 Å². The highest BCUT2D eigenvalue weighted by Crippen LogP contribution is 2.52. The number of alkyl halides is 1. The van der Waals surface area contributed by atoms with Gasteiger partial charge in [-0.25, -0.2) is 8.42 Å². The van der Waals surface area contributed by atoms with Crippen LogP contribution < -0.4 is 10.5 Å². The Morgan fingerprint density at radius 3 is 2.32 bits per heavy atom. The molecule has 2 N–H and O–H groups in total. The lowest BCUT2D eigenvalue weighted by molar-refractivity contribution is 0.0417. The number of halogens is 1. The first-order valence-electron chi connectivity index (χ1n) is 13.3.